The summed E-state index contributed by atoms with van der Waals surface area (Å²) in [5, 5.41) is 2.61. The fourth-order valence-electron chi connectivity index (χ4n) is 2.34. The largest absolute Gasteiger partial charge is 0.490 e. The molecule has 26 heavy (non-hydrogen) atoms. The number of nitrogens with one attached hydrogen (secondary N) is 1. The second kappa shape index (κ2) is 8.70. The first-order valence-electron chi connectivity index (χ1n) is 7.94. The van der Waals surface area contributed by atoms with Crippen LogP contribution < -0.4 is 14.8 Å². The predicted octanol–water partition coefficient (Wildman–Crippen LogP) is 4.92. The van der Waals surface area contributed by atoms with Gasteiger partial charge in [-0.3, -0.25) is 4.79 Å². The van der Waals surface area contributed by atoms with Crippen molar-refractivity contribution in [2.75, 3.05) is 6.61 Å². The standard InChI is InChI=1S/C19H16BrNO3S2/c1-2-23-15-8-13(9-17-18(22)21-19(25)26-17)14(20)10-16(15)24-11-12-6-4-3-5-7-12/h3-10H,2,11H2,1H3,(H,21,22,25)/b17-9+. The topological polar surface area (TPSA) is 47.6 Å². The van der Waals surface area contributed by atoms with Gasteiger partial charge in [-0.2, -0.15) is 0 Å². The van der Waals surface area contributed by atoms with Gasteiger partial charge >= 0.3 is 0 Å². The lowest BCUT2D eigenvalue weighted by atomic mass is 10.1. The van der Waals surface area contributed by atoms with Crippen LogP contribution in [0.4, 0.5) is 0 Å². The Hall–Kier alpha value is -1.83. The zero-order valence-corrected chi connectivity index (χ0v) is 17.2. The third-order valence-electron chi connectivity index (χ3n) is 3.53. The van der Waals surface area contributed by atoms with Crippen molar-refractivity contribution in [3.8, 4) is 11.5 Å². The Balaban J connectivity index is 1.87. The zero-order chi connectivity index (χ0) is 18.5. The minimum Gasteiger partial charge on any atom is -0.490 e. The van der Waals surface area contributed by atoms with Crippen molar-refractivity contribution < 1.29 is 14.3 Å². The number of carbonyl (C=O) groups excluding carboxylic acids is 1. The Bertz CT molecular complexity index is 869. The molecule has 1 amide bonds. The number of amides is 1. The van der Waals surface area contributed by atoms with E-state index < -0.39 is 0 Å². The molecule has 134 valence electrons. The molecule has 4 nitrogen and oxygen atoms in total. The Kier molecular flexibility index (Phi) is 6.34. The number of ether oxygens (including phenoxy) is 2. The van der Waals surface area contributed by atoms with E-state index in [9.17, 15) is 4.79 Å². The van der Waals surface area contributed by atoms with Gasteiger partial charge in [-0.05, 0) is 36.3 Å². The lowest BCUT2D eigenvalue weighted by Gasteiger charge is -2.14. The summed E-state index contributed by atoms with van der Waals surface area (Å²) in [6.07, 6.45) is 1.78. The van der Waals surface area contributed by atoms with Gasteiger partial charge in [0, 0.05) is 4.47 Å². The Morgan fingerprint density at radius 2 is 1.92 bits per heavy atom. The monoisotopic (exact) mass is 449 g/mol. The molecule has 1 heterocycles. The summed E-state index contributed by atoms with van der Waals surface area (Å²) >= 11 is 9.82. The van der Waals surface area contributed by atoms with Crippen LogP contribution in [-0.4, -0.2) is 16.8 Å². The molecule has 3 rings (SSSR count). The van der Waals surface area contributed by atoms with Crippen molar-refractivity contribution in [2.24, 2.45) is 0 Å². The zero-order valence-electron chi connectivity index (χ0n) is 14.0. The third-order valence-corrected chi connectivity index (χ3v) is 5.38. The first-order valence-corrected chi connectivity index (χ1v) is 9.96. The SMILES string of the molecule is CCOc1cc(/C=C2/SC(=S)NC2=O)c(Br)cc1OCc1ccccc1. The van der Waals surface area contributed by atoms with Crippen LogP contribution in [0.15, 0.2) is 51.8 Å². The minimum absolute atomic E-state index is 0.186. The molecular weight excluding hydrogens is 434 g/mol. The van der Waals surface area contributed by atoms with Gasteiger partial charge in [0.2, 0.25) is 0 Å². The highest BCUT2D eigenvalue weighted by atomic mass is 79.9. The van der Waals surface area contributed by atoms with Crippen molar-refractivity contribution in [3.05, 3.63) is 63.0 Å². The summed E-state index contributed by atoms with van der Waals surface area (Å²) in [7, 11) is 0. The van der Waals surface area contributed by atoms with Gasteiger partial charge in [-0.15, -0.1) is 0 Å². The molecule has 1 saturated heterocycles. The summed E-state index contributed by atoms with van der Waals surface area (Å²) < 4.78 is 12.9. The van der Waals surface area contributed by atoms with Crippen molar-refractivity contribution >= 4 is 56.2 Å². The molecule has 0 bridgehead atoms. The molecule has 1 N–H and O–H groups in total. The number of carbonyl (C=O) groups is 1. The van der Waals surface area contributed by atoms with Crippen molar-refractivity contribution in [1.29, 1.82) is 0 Å². The normalized spacial score (nSPS) is 15.2. The second-order valence-corrected chi connectivity index (χ2v) is 7.95. The number of hydrogen-bond donors (Lipinski definition) is 1. The third kappa shape index (κ3) is 4.66. The highest BCUT2D eigenvalue weighted by Crippen LogP contribution is 2.37. The van der Waals surface area contributed by atoms with Crippen molar-refractivity contribution in [3.63, 3.8) is 0 Å². The quantitative estimate of drug-likeness (QED) is 0.501. The van der Waals surface area contributed by atoms with Crippen LogP contribution in [0.25, 0.3) is 6.08 Å². The fraction of sp³-hybridized carbons (Fsp3) is 0.158. The number of thioether (sulfide) groups is 1. The lowest BCUT2D eigenvalue weighted by Crippen LogP contribution is -2.17. The summed E-state index contributed by atoms with van der Waals surface area (Å²) in [6, 6.07) is 13.6. The van der Waals surface area contributed by atoms with E-state index in [0.717, 1.165) is 15.6 Å². The van der Waals surface area contributed by atoms with E-state index in [2.05, 4.69) is 21.2 Å². The molecule has 0 unspecified atom stereocenters. The van der Waals surface area contributed by atoms with Crippen molar-refractivity contribution in [2.45, 2.75) is 13.5 Å². The smallest absolute Gasteiger partial charge is 0.263 e. The van der Waals surface area contributed by atoms with Gasteiger partial charge in [-0.25, -0.2) is 0 Å². The molecule has 0 aliphatic carbocycles. The van der Waals surface area contributed by atoms with Gasteiger partial charge in [0.25, 0.3) is 5.91 Å². The van der Waals surface area contributed by atoms with E-state index in [1.165, 1.54) is 11.8 Å². The molecule has 0 radical (unpaired) electrons. The van der Waals surface area contributed by atoms with Crippen molar-refractivity contribution in [1.82, 2.24) is 5.32 Å². The molecule has 1 aliphatic rings. The van der Waals surface area contributed by atoms with Gasteiger partial charge in [0.1, 0.15) is 10.9 Å². The number of rotatable bonds is 6. The highest BCUT2D eigenvalue weighted by Gasteiger charge is 2.22. The second-order valence-electron chi connectivity index (χ2n) is 5.38. The maximum atomic E-state index is 11.9. The molecule has 2 aromatic carbocycles. The van der Waals surface area contributed by atoms with Crippen LogP contribution in [0, 0.1) is 0 Å². The van der Waals surface area contributed by atoms with E-state index in [-0.39, 0.29) is 5.91 Å². The number of benzene rings is 2. The molecular formula is C19H16BrNO3S2. The molecule has 1 fully saturated rings. The summed E-state index contributed by atoms with van der Waals surface area (Å²) in [5.74, 6) is 1.09. The predicted molar refractivity (Wildman–Crippen MR) is 112 cm³/mol. The van der Waals surface area contributed by atoms with E-state index in [1.54, 1.807) is 6.08 Å². The lowest BCUT2D eigenvalue weighted by molar-refractivity contribution is -0.115. The molecule has 1 aliphatic heterocycles. The van der Waals surface area contributed by atoms with Crippen LogP contribution in [0.3, 0.4) is 0 Å². The van der Waals surface area contributed by atoms with E-state index in [0.29, 0.717) is 33.9 Å². The number of halogens is 1. The summed E-state index contributed by atoms with van der Waals surface area (Å²) in [5.41, 5.74) is 1.90. The average molecular weight is 450 g/mol. The Morgan fingerprint density at radius 1 is 1.19 bits per heavy atom. The molecule has 0 spiro atoms. The molecule has 0 saturated carbocycles. The van der Waals surface area contributed by atoms with Crippen LogP contribution in [-0.2, 0) is 11.4 Å². The minimum atomic E-state index is -0.186. The van der Waals surface area contributed by atoms with Gasteiger partial charge in [-0.1, -0.05) is 70.2 Å². The maximum absolute atomic E-state index is 11.9. The molecule has 0 atom stereocenters. The fourth-order valence-corrected chi connectivity index (χ4v) is 3.81. The first-order chi connectivity index (χ1) is 12.6. The van der Waals surface area contributed by atoms with Crippen LogP contribution >= 0.6 is 39.9 Å². The van der Waals surface area contributed by atoms with E-state index in [1.807, 2.05) is 49.4 Å². The summed E-state index contributed by atoms with van der Waals surface area (Å²) in [4.78, 5) is 12.4. The molecule has 2 aromatic rings. The van der Waals surface area contributed by atoms with Gasteiger partial charge < -0.3 is 14.8 Å². The van der Waals surface area contributed by atoms with Gasteiger partial charge in [0.15, 0.2) is 11.5 Å². The first kappa shape index (κ1) is 18.9. The van der Waals surface area contributed by atoms with Crippen LogP contribution in [0.2, 0.25) is 0 Å². The highest BCUT2D eigenvalue weighted by molar-refractivity contribution is 9.10. The van der Waals surface area contributed by atoms with E-state index in [4.69, 9.17) is 21.7 Å². The van der Waals surface area contributed by atoms with Crippen LogP contribution in [0.1, 0.15) is 18.1 Å². The molecule has 0 aromatic heterocycles. The number of hydrogen-bond acceptors (Lipinski definition) is 5. The summed E-state index contributed by atoms with van der Waals surface area (Å²) in [6.45, 7) is 2.87. The Morgan fingerprint density at radius 3 is 2.58 bits per heavy atom. The molecule has 7 heteroatoms. The van der Waals surface area contributed by atoms with E-state index >= 15 is 0 Å². The van der Waals surface area contributed by atoms with Crippen LogP contribution in [0.5, 0.6) is 11.5 Å². The maximum Gasteiger partial charge on any atom is 0.263 e. The van der Waals surface area contributed by atoms with Gasteiger partial charge in [0.05, 0.1) is 11.5 Å². The number of thiocarbonyl (C=S) groups is 1. The average Bonchev–Trinajstić information content (AvgIpc) is 2.94. The Labute approximate surface area is 170 Å².